The van der Waals surface area contributed by atoms with Gasteiger partial charge in [-0.05, 0) is 86.1 Å². The summed E-state index contributed by atoms with van der Waals surface area (Å²) in [5, 5.41) is 2.83. The van der Waals surface area contributed by atoms with Crippen molar-refractivity contribution in [3.05, 3.63) is 134 Å². The molecule has 0 bridgehead atoms. The van der Waals surface area contributed by atoms with Crippen LogP contribution in [-0.4, -0.2) is 5.78 Å². The van der Waals surface area contributed by atoms with Gasteiger partial charge in [0.25, 0.3) is 0 Å². The van der Waals surface area contributed by atoms with Crippen molar-refractivity contribution in [2.24, 2.45) is 11.8 Å². The van der Waals surface area contributed by atoms with Crippen LogP contribution in [0.5, 0.6) is 0 Å². The lowest BCUT2D eigenvalue weighted by atomic mass is 9.58. The van der Waals surface area contributed by atoms with Crippen LogP contribution in [0.4, 0.5) is 0 Å². The number of allylic oxidation sites excluding steroid dienone is 15. The van der Waals surface area contributed by atoms with Gasteiger partial charge >= 0.3 is 0 Å². The van der Waals surface area contributed by atoms with Gasteiger partial charge in [0, 0.05) is 18.3 Å². The minimum atomic E-state index is 0.238. The quantitative estimate of drug-likeness (QED) is 0.388. The highest BCUT2D eigenvalue weighted by Gasteiger charge is 2.43. The molecule has 0 heterocycles. The number of carbonyl (C=O) groups excluding carboxylic acids is 1. The highest BCUT2D eigenvalue weighted by Crippen LogP contribution is 2.59. The molecule has 7 aliphatic carbocycles. The van der Waals surface area contributed by atoms with Crippen LogP contribution >= 0.6 is 0 Å². The lowest BCUT2D eigenvalue weighted by Crippen LogP contribution is -2.31. The Morgan fingerprint density at radius 3 is 2.81 bits per heavy atom. The Morgan fingerprint density at radius 1 is 0.917 bits per heavy atom. The smallest absolute Gasteiger partial charge is 0.160 e. The lowest BCUT2D eigenvalue weighted by Gasteiger charge is -2.45. The van der Waals surface area contributed by atoms with Gasteiger partial charge in [-0.15, -0.1) is 0 Å². The fourth-order valence-electron chi connectivity index (χ4n) is 8.39. The zero-order chi connectivity index (χ0) is 23.7. The van der Waals surface area contributed by atoms with E-state index in [2.05, 4.69) is 79.8 Å². The second-order valence-corrected chi connectivity index (χ2v) is 11.6. The second-order valence-electron chi connectivity index (χ2n) is 11.6. The summed E-state index contributed by atoms with van der Waals surface area (Å²) in [6.07, 6.45) is 21.2. The van der Waals surface area contributed by atoms with Crippen LogP contribution in [0.25, 0.3) is 16.8 Å². The second kappa shape index (κ2) is 6.53. The first-order valence-corrected chi connectivity index (χ1v) is 13.4. The average Bonchev–Trinajstić information content (AvgIpc) is 2.90. The molecule has 0 amide bonds. The van der Waals surface area contributed by atoms with E-state index in [0.717, 1.165) is 12.8 Å². The van der Waals surface area contributed by atoms with Crippen LogP contribution in [0.15, 0.2) is 117 Å². The molecular formula is C35H26O. The van der Waals surface area contributed by atoms with Gasteiger partial charge in [-0.1, -0.05) is 96.5 Å². The third-order valence-corrected chi connectivity index (χ3v) is 9.94. The third-order valence-electron chi connectivity index (χ3n) is 9.94. The van der Waals surface area contributed by atoms with Crippen molar-refractivity contribution in [1.29, 1.82) is 0 Å². The summed E-state index contributed by atoms with van der Waals surface area (Å²) in [6, 6.07) is 11.5. The molecule has 0 saturated heterocycles. The highest BCUT2D eigenvalue weighted by molar-refractivity contribution is 5.98. The van der Waals surface area contributed by atoms with E-state index in [1.807, 2.05) is 6.08 Å². The summed E-state index contributed by atoms with van der Waals surface area (Å²) in [4.78, 5) is 12.3. The molecule has 0 fully saturated rings. The van der Waals surface area contributed by atoms with Gasteiger partial charge < -0.3 is 0 Å². The van der Waals surface area contributed by atoms with E-state index in [-0.39, 0.29) is 11.7 Å². The largest absolute Gasteiger partial charge is 0.294 e. The van der Waals surface area contributed by atoms with Crippen molar-refractivity contribution in [3.63, 3.8) is 0 Å². The number of fused-ring (bicyclic) bond motifs is 3. The van der Waals surface area contributed by atoms with E-state index in [0.29, 0.717) is 24.2 Å². The molecule has 2 aromatic carbocycles. The molecule has 4 unspecified atom stereocenters. The summed E-state index contributed by atoms with van der Waals surface area (Å²) in [5.41, 5.74) is 16.0. The molecule has 0 radical (unpaired) electrons. The summed E-state index contributed by atoms with van der Waals surface area (Å²) < 4.78 is 0. The molecule has 4 atom stereocenters. The normalized spacial score (nSPS) is 30.3. The fraction of sp³-hybridized carbons (Fsp3) is 0.229. The maximum Gasteiger partial charge on any atom is 0.160 e. The monoisotopic (exact) mass is 462 g/mol. The van der Waals surface area contributed by atoms with Crippen LogP contribution < -0.4 is 0 Å². The minimum Gasteiger partial charge on any atom is -0.294 e. The van der Waals surface area contributed by atoms with Crippen molar-refractivity contribution < 1.29 is 4.79 Å². The summed E-state index contributed by atoms with van der Waals surface area (Å²) in [7, 11) is 0. The zero-order valence-electron chi connectivity index (χ0n) is 20.3. The standard InChI is InChI=1S/C35H26O/c1-18-26-10-7-19-3-2-4-20-8-11-28(35(26)32(19)20)31-17-30-24(16-29(18)31)13-21-5-6-22-14-25(36)15-23-9-12-27(30)34(21)33(22)23/h2-12,15,17-18,28-29,33H,13-14,16H2,1H3. The Labute approximate surface area is 211 Å². The molecule has 0 N–H and O–H groups in total. The van der Waals surface area contributed by atoms with Gasteiger partial charge in [0.1, 0.15) is 0 Å². The van der Waals surface area contributed by atoms with E-state index in [4.69, 9.17) is 0 Å². The molecule has 0 saturated carbocycles. The van der Waals surface area contributed by atoms with E-state index in [1.54, 1.807) is 22.3 Å². The molecule has 2 aromatic rings. The molecule has 0 aromatic heterocycles. The predicted octanol–water partition coefficient (Wildman–Crippen LogP) is 7.96. The van der Waals surface area contributed by atoms with E-state index in [9.17, 15) is 4.79 Å². The number of hydrogen-bond acceptors (Lipinski definition) is 1. The summed E-state index contributed by atoms with van der Waals surface area (Å²) in [5.74, 6) is 1.96. The van der Waals surface area contributed by atoms with E-state index < -0.39 is 0 Å². The van der Waals surface area contributed by atoms with Gasteiger partial charge in [-0.3, -0.25) is 4.79 Å². The topological polar surface area (TPSA) is 17.1 Å². The van der Waals surface area contributed by atoms with Gasteiger partial charge in [0.15, 0.2) is 5.78 Å². The number of rotatable bonds is 0. The minimum absolute atomic E-state index is 0.238. The Morgan fingerprint density at radius 2 is 1.86 bits per heavy atom. The number of hydrogen-bond donors (Lipinski definition) is 0. The molecule has 0 aliphatic heterocycles. The lowest BCUT2D eigenvalue weighted by molar-refractivity contribution is -0.114. The molecule has 36 heavy (non-hydrogen) atoms. The van der Waals surface area contributed by atoms with E-state index >= 15 is 0 Å². The van der Waals surface area contributed by atoms with E-state index in [1.165, 1.54) is 49.8 Å². The zero-order valence-corrected chi connectivity index (χ0v) is 20.3. The van der Waals surface area contributed by atoms with Crippen molar-refractivity contribution in [2.45, 2.75) is 38.0 Å². The Balaban J connectivity index is 1.25. The van der Waals surface area contributed by atoms with Gasteiger partial charge in [0.2, 0.25) is 0 Å². The Kier molecular flexibility index (Phi) is 3.53. The molecule has 1 nitrogen and oxygen atoms in total. The average molecular weight is 463 g/mol. The summed E-state index contributed by atoms with van der Waals surface area (Å²) in [6.45, 7) is 2.46. The van der Waals surface area contributed by atoms with Gasteiger partial charge in [-0.2, -0.15) is 0 Å². The Hall–Kier alpha value is -3.71. The summed E-state index contributed by atoms with van der Waals surface area (Å²) >= 11 is 0. The highest BCUT2D eigenvalue weighted by atomic mass is 16.1. The van der Waals surface area contributed by atoms with Crippen LogP contribution in [0.3, 0.4) is 0 Å². The molecule has 9 rings (SSSR count). The SMILES string of the molecule is CC1c2ccc3cccc4c3c2C(C=C4)C2=CC3=C(CC4=CC=C5CC(=O)C=C6C=CC3=C4C65)CC21. The van der Waals surface area contributed by atoms with Crippen LogP contribution in [0.1, 0.15) is 54.7 Å². The molecular weight excluding hydrogens is 436 g/mol. The number of carbonyl (C=O) groups is 1. The van der Waals surface area contributed by atoms with Crippen molar-refractivity contribution in [1.82, 2.24) is 0 Å². The van der Waals surface area contributed by atoms with Crippen molar-refractivity contribution in [3.8, 4) is 0 Å². The maximum atomic E-state index is 12.3. The molecule has 172 valence electrons. The van der Waals surface area contributed by atoms with Crippen molar-refractivity contribution >= 4 is 22.6 Å². The van der Waals surface area contributed by atoms with Crippen LogP contribution in [0, 0.1) is 11.8 Å². The maximum absolute atomic E-state index is 12.3. The van der Waals surface area contributed by atoms with Crippen molar-refractivity contribution in [2.75, 3.05) is 0 Å². The third kappa shape index (κ3) is 2.30. The molecule has 1 heteroatoms. The molecule has 7 aliphatic rings. The molecule has 0 spiro atoms. The Bertz CT molecular complexity index is 1740. The predicted molar refractivity (Wildman–Crippen MR) is 145 cm³/mol. The van der Waals surface area contributed by atoms with Gasteiger partial charge in [-0.25, -0.2) is 0 Å². The first-order valence-electron chi connectivity index (χ1n) is 13.4. The van der Waals surface area contributed by atoms with Gasteiger partial charge in [0.05, 0.1) is 0 Å². The first-order chi connectivity index (χ1) is 17.7. The number of ketones is 1. The number of benzene rings is 2. The van der Waals surface area contributed by atoms with Crippen LogP contribution in [0.2, 0.25) is 0 Å². The fourth-order valence-corrected chi connectivity index (χ4v) is 8.39. The van der Waals surface area contributed by atoms with Crippen LogP contribution in [-0.2, 0) is 4.79 Å². The first kappa shape index (κ1) is 19.5.